The van der Waals surface area contributed by atoms with E-state index in [9.17, 15) is 9.59 Å². The second-order valence-electron chi connectivity index (χ2n) is 5.17. The number of carbonyl (C=O) groups is 1. The molecule has 1 N–H and O–H groups in total. The molecule has 1 saturated heterocycles. The predicted molar refractivity (Wildman–Crippen MR) is 70.1 cm³/mol. The topological polar surface area (TPSA) is 62.4 Å². The minimum Gasteiger partial charge on any atom is -0.374 e. The maximum atomic E-state index is 12.5. The first-order chi connectivity index (χ1) is 9.27. The van der Waals surface area contributed by atoms with Crippen LogP contribution in [0, 0.1) is 0 Å². The second kappa shape index (κ2) is 5.17. The zero-order valence-electron chi connectivity index (χ0n) is 10.8. The number of hydrogen-bond acceptors (Lipinski definition) is 3. The Hall–Kier alpha value is -1.62. The number of pyridine rings is 1. The molecule has 5 heteroatoms. The summed E-state index contributed by atoms with van der Waals surface area (Å²) >= 11 is 0. The number of aromatic nitrogens is 1. The first-order valence-electron chi connectivity index (χ1n) is 6.87. The quantitative estimate of drug-likeness (QED) is 0.826. The number of nitrogens with zero attached hydrogens (tertiary/aromatic N) is 1. The lowest BCUT2D eigenvalue weighted by molar-refractivity contribution is -0.0753. The van der Waals surface area contributed by atoms with Crippen LogP contribution >= 0.6 is 0 Å². The molecule has 0 radical (unpaired) electrons. The van der Waals surface area contributed by atoms with Gasteiger partial charge < -0.3 is 14.6 Å². The van der Waals surface area contributed by atoms with E-state index >= 15 is 0 Å². The fraction of sp³-hybridized carbons (Fsp3) is 0.571. The summed E-state index contributed by atoms with van der Waals surface area (Å²) in [7, 11) is 0. The maximum Gasteiger partial charge on any atom is 0.260 e. The van der Waals surface area contributed by atoms with Gasteiger partial charge in [0.2, 0.25) is 0 Å². The molecule has 2 aliphatic rings. The Morgan fingerprint density at radius 3 is 3.05 bits per heavy atom. The van der Waals surface area contributed by atoms with E-state index in [-0.39, 0.29) is 29.2 Å². The van der Waals surface area contributed by atoms with Crippen LogP contribution in [0.1, 0.15) is 36.0 Å². The van der Waals surface area contributed by atoms with Gasteiger partial charge in [-0.25, -0.2) is 0 Å². The summed E-state index contributed by atoms with van der Waals surface area (Å²) in [6, 6.07) is 3.41. The highest BCUT2D eigenvalue weighted by Gasteiger charge is 2.37. The van der Waals surface area contributed by atoms with Gasteiger partial charge in [0.25, 0.3) is 11.5 Å². The zero-order chi connectivity index (χ0) is 13.2. The lowest BCUT2D eigenvalue weighted by Crippen LogP contribution is -2.55. The average Bonchev–Trinajstić information content (AvgIpc) is 2.46. The molecule has 0 unspecified atom stereocenters. The van der Waals surface area contributed by atoms with Crippen molar-refractivity contribution in [2.45, 2.75) is 37.8 Å². The average molecular weight is 262 g/mol. The van der Waals surface area contributed by atoms with Crippen molar-refractivity contribution >= 4 is 5.91 Å². The highest BCUT2D eigenvalue weighted by atomic mass is 16.5. The van der Waals surface area contributed by atoms with Crippen molar-refractivity contribution in [2.75, 3.05) is 13.2 Å². The van der Waals surface area contributed by atoms with Crippen molar-refractivity contribution < 1.29 is 9.53 Å². The molecule has 19 heavy (non-hydrogen) atoms. The van der Waals surface area contributed by atoms with E-state index in [1.807, 2.05) is 4.90 Å². The molecular formula is C14H18N2O3. The molecule has 1 amide bonds. The third-order valence-electron chi connectivity index (χ3n) is 4.04. The van der Waals surface area contributed by atoms with Crippen LogP contribution in [-0.2, 0) is 4.74 Å². The molecule has 2 atom stereocenters. The number of H-pyrrole nitrogens is 1. The van der Waals surface area contributed by atoms with Gasteiger partial charge >= 0.3 is 0 Å². The molecule has 1 aliphatic carbocycles. The number of morpholine rings is 1. The lowest BCUT2D eigenvalue weighted by Gasteiger charge is -2.43. The Bertz CT molecular complexity index is 523. The van der Waals surface area contributed by atoms with E-state index in [4.69, 9.17) is 4.74 Å². The molecule has 102 valence electrons. The molecule has 1 aromatic heterocycles. The molecule has 3 rings (SSSR count). The monoisotopic (exact) mass is 262 g/mol. The van der Waals surface area contributed by atoms with Gasteiger partial charge in [0, 0.05) is 12.7 Å². The highest BCUT2D eigenvalue weighted by Crippen LogP contribution is 2.29. The Labute approximate surface area is 111 Å². The standard InChI is InChI=1S/C14H18N2O3/c17-13-10(4-3-7-15-13)14(18)16-8-9-19-12-6-2-1-5-11(12)16/h3-4,7,11-12H,1-2,5-6,8-9H2,(H,15,17)/t11-,12+/m0/s1. The van der Waals surface area contributed by atoms with Crippen LogP contribution in [0.2, 0.25) is 0 Å². The molecular weight excluding hydrogens is 244 g/mol. The smallest absolute Gasteiger partial charge is 0.260 e. The Balaban J connectivity index is 1.86. The molecule has 2 heterocycles. The Morgan fingerprint density at radius 1 is 1.37 bits per heavy atom. The van der Waals surface area contributed by atoms with Gasteiger partial charge in [-0.1, -0.05) is 12.8 Å². The number of nitrogens with one attached hydrogen (secondary N) is 1. The molecule has 5 nitrogen and oxygen atoms in total. The normalized spacial score (nSPS) is 26.8. The van der Waals surface area contributed by atoms with Crippen LogP contribution in [-0.4, -0.2) is 41.1 Å². The van der Waals surface area contributed by atoms with E-state index in [1.165, 1.54) is 0 Å². The summed E-state index contributed by atoms with van der Waals surface area (Å²) in [5.41, 5.74) is -0.0833. The van der Waals surface area contributed by atoms with E-state index in [0.29, 0.717) is 13.2 Å². The van der Waals surface area contributed by atoms with Gasteiger partial charge in [0.15, 0.2) is 0 Å². The molecule has 1 saturated carbocycles. The van der Waals surface area contributed by atoms with Gasteiger partial charge in [-0.2, -0.15) is 0 Å². The van der Waals surface area contributed by atoms with E-state index in [2.05, 4.69) is 4.98 Å². The summed E-state index contributed by atoms with van der Waals surface area (Å²) < 4.78 is 5.75. The molecule has 1 aromatic rings. The van der Waals surface area contributed by atoms with Crippen molar-refractivity contribution in [3.8, 4) is 0 Å². The molecule has 2 fully saturated rings. The summed E-state index contributed by atoms with van der Waals surface area (Å²) in [4.78, 5) is 28.6. The van der Waals surface area contributed by atoms with Gasteiger partial charge in [0.1, 0.15) is 5.56 Å². The van der Waals surface area contributed by atoms with Crippen LogP contribution in [0.5, 0.6) is 0 Å². The van der Waals surface area contributed by atoms with Crippen LogP contribution < -0.4 is 5.56 Å². The first-order valence-corrected chi connectivity index (χ1v) is 6.87. The zero-order valence-corrected chi connectivity index (χ0v) is 10.8. The van der Waals surface area contributed by atoms with Crippen LogP contribution in [0.4, 0.5) is 0 Å². The highest BCUT2D eigenvalue weighted by molar-refractivity contribution is 5.94. The maximum absolute atomic E-state index is 12.5. The van der Waals surface area contributed by atoms with E-state index in [1.54, 1.807) is 18.3 Å². The van der Waals surface area contributed by atoms with Gasteiger partial charge in [0.05, 0.1) is 18.8 Å². The van der Waals surface area contributed by atoms with Crippen molar-refractivity contribution in [3.05, 3.63) is 34.2 Å². The predicted octanol–water partition coefficient (Wildman–Crippen LogP) is 1.16. The molecule has 0 spiro atoms. The third-order valence-corrected chi connectivity index (χ3v) is 4.04. The van der Waals surface area contributed by atoms with Crippen molar-refractivity contribution in [1.82, 2.24) is 9.88 Å². The molecule has 0 aromatic carbocycles. The fourth-order valence-electron chi connectivity index (χ4n) is 3.09. The summed E-state index contributed by atoms with van der Waals surface area (Å²) in [6.45, 7) is 1.14. The number of ether oxygens (including phenoxy) is 1. The third kappa shape index (κ3) is 2.30. The minimum absolute atomic E-state index is 0.134. The summed E-state index contributed by atoms with van der Waals surface area (Å²) in [5, 5.41) is 0. The van der Waals surface area contributed by atoms with Crippen molar-refractivity contribution in [2.24, 2.45) is 0 Å². The largest absolute Gasteiger partial charge is 0.374 e. The molecule has 1 aliphatic heterocycles. The second-order valence-corrected chi connectivity index (χ2v) is 5.17. The SMILES string of the molecule is O=C(c1ccc[nH]c1=O)N1CCO[C@@H]2CCCC[C@@H]21. The Kier molecular flexibility index (Phi) is 3.38. The number of rotatable bonds is 1. The van der Waals surface area contributed by atoms with Gasteiger partial charge in [-0.15, -0.1) is 0 Å². The number of amides is 1. The van der Waals surface area contributed by atoms with Crippen LogP contribution in [0.3, 0.4) is 0 Å². The summed E-state index contributed by atoms with van der Waals surface area (Å²) in [6.07, 6.45) is 5.96. The van der Waals surface area contributed by atoms with Crippen molar-refractivity contribution in [3.63, 3.8) is 0 Å². The number of hydrogen-bond donors (Lipinski definition) is 1. The van der Waals surface area contributed by atoms with Gasteiger partial charge in [-0.05, 0) is 25.0 Å². The number of carbonyl (C=O) groups excluding carboxylic acids is 1. The summed E-state index contributed by atoms with van der Waals surface area (Å²) in [5.74, 6) is -0.165. The lowest BCUT2D eigenvalue weighted by atomic mass is 9.90. The number of fused-ring (bicyclic) bond motifs is 1. The van der Waals surface area contributed by atoms with Crippen LogP contribution in [0.15, 0.2) is 23.1 Å². The van der Waals surface area contributed by atoms with Crippen molar-refractivity contribution in [1.29, 1.82) is 0 Å². The van der Waals surface area contributed by atoms with Gasteiger partial charge in [-0.3, -0.25) is 9.59 Å². The van der Waals surface area contributed by atoms with E-state index < -0.39 is 0 Å². The minimum atomic E-state index is -0.314. The fourth-order valence-corrected chi connectivity index (χ4v) is 3.09. The first kappa shape index (κ1) is 12.4. The van der Waals surface area contributed by atoms with Crippen LogP contribution in [0.25, 0.3) is 0 Å². The van der Waals surface area contributed by atoms with E-state index in [0.717, 1.165) is 25.7 Å². The molecule has 0 bridgehead atoms. The number of aromatic amines is 1. The Morgan fingerprint density at radius 2 is 2.21 bits per heavy atom.